The molecule has 0 spiro atoms. The number of carbonyl (C=O) groups is 1. The van der Waals surface area contributed by atoms with Gasteiger partial charge in [0.15, 0.2) is 0 Å². The second-order valence-corrected chi connectivity index (χ2v) is 3.95. The first kappa shape index (κ1) is 8.30. The van der Waals surface area contributed by atoms with Crippen LogP contribution in [0.4, 0.5) is 0 Å². The largest absolute Gasteiger partial charge is 0.369 e. The molecule has 0 unspecified atom stereocenters. The minimum Gasteiger partial charge on any atom is -0.369 e. The molecule has 2 atom stereocenters. The van der Waals surface area contributed by atoms with E-state index in [0.717, 1.165) is 6.42 Å². The van der Waals surface area contributed by atoms with Crippen molar-refractivity contribution >= 4 is 5.91 Å². The summed E-state index contributed by atoms with van der Waals surface area (Å²) >= 11 is 0. The van der Waals surface area contributed by atoms with Gasteiger partial charge in [0.2, 0.25) is 5.91 Å². The summed E-state index contributed by atoms with van der Waals surface area (Å²) in [5.41, 5.74) is 6.26. The number of amides is 1. The van der Waals surface area contributed by atoms with E-state index in [0.29, 0.717) is 5.92 Å². The summed E-state index contributed by atoms with van der Waals surface area (Å²) < 4.78 is 0. The molecule has 1 saturated carbocycles. The Labute approximate surface area is 77.8 Å². The van der Waals surface area contributed by atoms with E-state index in [9.17, 15) is 4.79 Å². The zero-order valence-electron chi connectivity index (χ0n) is 7.66. The van der Waals surface area contributed by atoms with E-state index in [2.05, 4.69) is 12.1 Å². The smallest absolute Gasteiger partial charge is 0.223 e. The Morgan fingerprint density at radius 1 is 1.46 bits per heavy atom. The standard InChI is InChI=1S/C11H13NO/c1-11(10(12)13)7-9(11)8-5-3-2-4-6-8/h2-6,9H,7H2,1H3,(H2,12,13)/t9-,11+/m1/s1. The maximum absolute atomic E-state index is 11.1. The zero-order chi connectivity index (χ0) is 9.47. The molecule has 0 heterocycles. The van der Waals surface area contributed by atoms with Crippen LogP contribution in [0.1, 0.15) is 24.8 Å². The van der Waals surface area contributed by atoms with Gasteiger partial charge in [-0.25, -0.2) is 0 Å². The maximum Gasteiger partial charge on any atom is 0.223 e. The van der Waals surface area contributed by atoms with Crippen molar-refractivity contribution < 1.29 is 4.79 Å². The molecule has 2 rings (SSSR count). The predicted octanol–water partition coefficient (Wildman–Crippen LogP) is 1.67. The monoisotopic (exact) mass is 175 g/mol. The molecule has 2 N–H and O–H groups in total. The van der Waals surface area contributed by atoms with Gasteiger partial charge in [-0.15, -0.1) is 0 Å². The molecule has 0 aliphatic heterocycles. The van der Waals surface area contributed by atoms with Crippen LogP contribution in [-0.4, -0.2) is 5.91 Å². The molecule has 0 radical (unpaired) electrons. The molecule has 1 aliphatic carbocycles. The Morgan fingerprint density at radius 3 is 2.54 bits per heavy atom. The van der Waals surface area contributed by atoms with Crippen molar-refractivity contribution in [1.82, 2.24) is 0 Å². The van der Waals surface area contributed by atoms with Crippen LogP contribution in [0.2, 0.25) is 0 Å². The zero-order valence-corrected chi connectivity index (χ0v) is 7.66. The lowest BCUT2D eigenvalue weighted by molar-refractivity contribution is -0.122. The number of hydrogen-bond acceptors (Lipinski definition) is 1. The van der Waals surface area contributed by atoms with Crippen LogP contribution in [0, 0.1) is 5.41 Å². The van der Waals surface area contributed by atoms with Crippen molar-refractivity contribution in [3.8, 4) is 0 Å². The first-order valence-corrected chi connectivity index (χ1v) is 4.49. The van der Waals surface area contributed by atoms with E-state index >= 15 is 0 Å². The van der Waals surface area contributed by atoms with Crippen LogP contribution in [0.15, 0.2) is 30.3 Å². The summed E-state index contributed by atoms with van der Waals surface area (Å²) in [5, 5.41) is 0. The number of hydrogen-bond donors (Lipinski definition) is 1. The highest BCUT2D eigenvalue weighted by Crippen LogP contribution is 2.58. The first-order valence-electron chi connectivity index (χ1n) is 4.49. The van der Waals surface area contributed by atoms with Crippen LogP contribution in [0.5, 0.6) is 0 Å². The lowest BCUT2D eigenvalue weighted by atomic mass is 10.0. The first-order chi connectivity index (χ1) is 6.14. The van der Waals surface area contributed by atoms with Crippen LogP contribution < -0.4 is 5.73 Å². The van der Waals surface area contributed by atoms with Gasteiger partial charge in [-0.1, -0.05) is 37.3 Å². The molecular weight excluding hydrogens is 162 g/mol. The Bertz CT molecular complexity index is 333. The molecule has 1 amide bonds. The van der Waals surface area contributed by atoms with Gasteiger partial charge in [0, 0.05) is 0 Å². The Morgan fingerprint density at radius 2 is 2.08 bits per heavy atom. The van der Waals surface area contributed by atoms with Gasteiger partial charge in [0.1, 0.15) is 0 Å². The molecule has 13 heavy (non-hydrogen) atoms. The van der Waals surface area contributed by atoms with E-state index in [1.807, 2.05) is 25.1 Å². The fraction of sp³-hybridized carbons (Fsp3) is 0.364. The summed E-state index contributed by atoms with van der Waals surface area (Å²) in [7, 11) is 0. The van der Waals surface area contributed by atoms with Crippen molar-refractivity contribution in [3.05, 3.63) is 35.9 Å². The molecule has 1 aromatic carbocycles. The molecule has 1 fully saturated rings. The van der Waals surface area contributed by atoms with E-state index in [1.165, 1.54) is 5.56 Å². The van der Waals surface area contributed by atoms with Gasteiger partial charge in [0.05, 0.1) is 5.41 Å². The van der Waals surface area contributed by atoms with Crippen molar-refractivity contribution in [1.29, 1.82) is 0 Å². The number of nitrogens with two attached hydrogens (primary N) is 1. The number of benzene rings is 1. The SMILES string of the molecule is C[C@]1(C(N)=O)C[C@@H]1c1ccccc1. The van der Waals surface area contributed by atoms with Crippen molar-refractivity contribution in [2.75, 3.05) is 0 Å². The van der Waals surface area contributed by atoms with E-state index in [-0.39, 0.29) is 11.3 Å². The average Bonchev–Trinajstić information content (AvgIpc) is 2.81. The molecule has 0 bridgehead atoms. The fourth-order valence-corrected chi connectivity index (χ4v) is 1.81. The normalized spacial score (nSPS) is 31.3. The molecule has 2 nitrogen and oxygen atoms in total. The highest BCUT2D eigenvalue weighted by molar-refractivity contribution is 5.85. The van der Waals surface area contributed by atoms with Crippen molar-refractivity contribution in [2.24, 2.45) is 11.1 Å². The topological polar surface area (TPSA) is 43.1 Å². The lowest BCUT2D eigenvalue weighted by Crippen LogP contribution is -2.23. The van der Waals surface area contributed by atoms with Gasteiger partial charge in [0.25, 0.3) is 0 Å². The highest BCUT2D eigenvalue weighted by atomic mass is 16.1. The van der Waals surface area contributed by atoms with Gasteiger partial charge >= 0.3 is 0 Å². The summed E-state index contributed by atoms with van der Waals surface area (Å²) in [6.07, 6.45) is 0.895. The molecule has 2 heteroatoms. The number of rotatable bonds is 2. The third kappa shape index (κ3) is 1.22. The summed E-state index contributed by atoms with van der Waals surface area (Å²) in [4.78, 5) is 11.1. The highest BCUT2D eigenvalue weighted by Gasteiger charge is 2.55. The predicted molar refractivity (Wildman–Crippen MR) is 51.1 cm³/mol. The molecule has 68 valence electrons. The molecule has 1 aromatic rings. The van der Waals surface area contributed by atoms with Gasteiger partial charge in [-0.3, -0.25) is 4.79 Å². The maximum atomic E-state index is 11.1. The van der Waals surface area contributed by atoms with Gasteiger partial charge < -0.3 is 5.73 Å². The van der Waals surface area contributed by atoms with Gasteiger partial charge in [-0.2, -0.15) is 0 Å². The second kappa shape index (κ2) is 2.59. The Hall–Kier alpha value is -1.31. The number of carbonyl (C=O) groups excluding carboxylic acids is 1. The molecule has 1 aliphatic rings. The average molecular weight is 175 g/mol. The van der Waals surface area contributed by atoms with Crippen LogP contribution in [0.3, 0.4) is 0 Å². The fourth-order valence-electron chi connectivity index (χ4n) is 1.81. The van der Waals surface area contributed by atoms with E-state index in [1.54, 1.807) is 0 Å². The summed E-state index contributed by atoms with van der Waals surface area (Å²) in [6.45, 7) is 1.94. The van der Waals surface area contributed by atoms with Gasteiger partial charge in [-0.05, 0) is 17.9 Å². The quantitative estimate of drug-likeness (QED) is 0.730. The summed E-state index contributed by atoms with van der Waals surface area (Å²) in [6, 6.07) is 10.1. The summed E-state index contributed by atoms with van der Waals surface area (Å²) in [5.74, 6) is 0.160. The second-order valence-electron chi connectivity index (χ2n) is 3.95. The minimum atomic E-state index is -0.290. The third-order valence-corrected chi connectivity index (χ3v) is 3.00. The Balaban J connectivity index is 2.21. The lowest BCUT2D eigenvalue weighted by Gasteiger charge is -2.05. The van der Waals surface area contributed by atoms with Crippen LogP contribution in [0.25, 0.3) is 0 Å². The van der Waals surface area contributed by atoms with E-state index in [4.69, 9.17) is 5.73 Å². The Kier molecular flexibility index (Phi) is 1.65. The van der Waals surface area contributed by atoms with Crippen molar-refractivity contribution in [3.63, 3.8) is 0 Å². The van der Waals surface area contributed by atoms with E-state index < -0.39 is 0 Å². The molecule has 0 aromatic heterocycles. The molecular formula is C11H13NO. The van der Waals surface area contributed by atoms with Crippen LogP contribution in [-0.2, 0) is 4.79 Å². The number of primary amides is 1. The minimum absolute atomic E-state index is 0.179. The third-order valence-electron chi connectivity index (χ3n) is 3.00. The van der Waals surface area contributed by atoms with Crippen molar-refractivity contribution in [2.45, 2.75) is 19.3 Å². The molecule has 0 saturated heterocycles. The van der Waals surface area contributed by atoms with Crippen LogP contribution >= 0.6 is 0 Å².